The quantitative estimate of drug-likeness (QED) is 0.690. The Balaban J connectivity index is 2.45. The van der Waals surface area contributed by atoms with Crippen LogP contribution in [0.15, 0.2) is 0 Å². The summed E-state index contributed by atoms with van der Waals surface area (Å²) >= 11 is 0. The van der Waals surface area contributed by atoms with Gasteiger partial charge in [-0.3, -0.25) is 0 Å². The number of hydrogen-bond acceptors (Lipinski definition) is 1. The van der Waals surface area contributed by atoms with Crippen LogP contribution < -0.4 is 5.32 Å². The predicted molar refractivity (Wildman–Crippen MR) is 58.9 cm³/mol. The standard InChI is InChI=1S/C12H25N/c1-4-12(3,10-13-5-2)11-8-6-7-9-11/h11,13H,4-10H2,1-3H3. The van der Waals surface area contributed by atoms with E-state index in [-0.39, 0.29) is 0 Å². The van der Waals surface area contributed by atoms with Crippen LogP contribution in [0, 0.1) is 11.3 Å². The van der Waals surface area contributed by atoms with Gasteiger partial charge in [-0.2, -0.15) is 0 Å². The van der Waals surface area contributed by atoms with Crippen molar-refractivity contribution in [2.24, 2.45) is 11.3 Å². The van der Waals surface area contributed by atoms with Crippen LogP contribution in [0.3, 0.4) is 0 Å². The molecule has 0 heterocycles. The summed E-state index contributed by atoms with van der Waals surface area (Å²) in [5, 5.41) is 3.52. The molecule has 0 spiro atoms. The Kier molecular flexibility index (Phi) is 4.24. The Morgan fingerprint density at radius 3 is 2.31 bits per heavy atom. The third-order valence-electron chi connectivity index (χ3n) is 3.93. The fraction of sp³-hybridized carbons (Fsp3) is 1.00. The Labute approximate surface area is 83.3 Å². The van der Waals surface area contributed by atoms with Crippen LogP contribution in [0.1, 0.15) is 52.9 Å². The SMILES string of the molecule is CCNCC(C)(CC)C1CCCC1. The van der Waals surface area contributed by atoms with Gasteiger partial charge in [-0.15, -0.1) is 0 Å². The minimum Gasteiger partial charge on any atom is -0.316 e. The van der Waals surface area contributed by atoms with E-state index in [1.807, 2.05) is 0 Å². The molecule has 1 aliphatic carbocycles. The maximum Gasteiger partial charge on any atom is 0.000760 e. The normalized spacial score (nSPS) is 23.3. The zero-order valence-electron chi connectivity index (χ0n) is 9.53. The Hall–Kier alpha value is -0.0400. The van der Waals surface area contributed by atoms with Gasteiger partial charge in [0.2, 0.25) is 0 Å². The van der Waals surface area contributed by atoms with E-state index in [1.54, 1.807) is 0 Å². The first kappa shape index (κ1) is 11.0. The molecule has 1 atom stereocenters. The van der Waals surface area contributed by atoms with Crippen molar-refractivity contribution in [3.8, 4) is 0 Å². The highest BCUT2D eigenvalue weighted by atomic mass is 14.9. The topological polar surface area (TPSA) is 12.0 Å². The van der Waals surface area contributed by atoms with Crippen molar-refractivity contribution in [2.45, 2.75) is 52.9 Å². The van der Waals surface area contributed by atoms with Crippen LogP contribution in [-0.2, 0) is 0 Å². The van der Waals surface area contributed by atoms with E-state index in [4.69, 9.17) is 0 Å². The maximum absolute atomic E-state index is 3.52. The molecule has 0 saturated heterocycles. The van der Waals surface area contributed by atoms with Gasteiger partial charge >= 0.3 is 0 Å². The molecule has 0 bridgehead atoms. The summed E-state index contributed by atoms with van der Waals surface area (Å²) in [5.41, 5.74) is 0.562. The minimum absolute atomic E-state index is 0.562. The van der Waals surface area contributed by atoms with Crippen molar-refractivity contribution >= 4 is 0 Å². The largest absolute Gasteiger partial charge is 0.316 e. The van der Waals surface area contributed by atoms with Gasteiger partial charge in [-0.25, -0.2) is 0 Å². The van der Waals surface area contributed by atoms with E-state index in [0.29, 0.717) is 5.41 Å². The van der Waals surface area contributed by atoms with Gasteiger partial charge in [-0.1, -0.05) is 33.6 Å². The molecule has 0 radical (unpaired) electrons. The first-order chi connectivity index (χ1) is 6.23. The number of rotatable bonds is 5. The number of nitrogens with one attached hydrogen (secondary N) is 1. The molecule has 0 aromatic rings. The molecule has 0 aromatic heterocycles. The second-order valence-corrected chi connectivity index (χ2v) is 4.77. The fourth-order valence-electron chi connectivity index (χ4n) is 2.59. The molecule has 1 rings (SSSR count). The van der Waals surface area contributed by atoms with E-state index >= 15 is 0 Å². The lowest BCUT2D eigenvalue weighted by molar-refractivity contribution is 0.175. The van der Waals surface area contributed by atoms with Crippen LogP contribution in [0.5, 0.6) is 0 Å². The van der Waals surface area contributed by atoms with Gasteiger partial charge < -0.3 is 5.32 Å². The molecule has 1 fully saturated rings. The highest BCUT2D eigenvalue weighted by molar-refractivity contribution is 4.86. The average molecular weight is 183 g/mol. The fourth-order valence-corrected chi connectivity index (χ4v) is 2.59. The lowest BCUT2D eigenvalue weighted by Gasteiger charge is -2.35. The zero-order chi connectivity index (χ0) is 9.73. The number of hydrogen-bond donors (Lipinski definition) is 1. The maximum atomic E-state index is 3.52. The van der Waals surface area contributed by atoms with Gasteiger partial charge in [0.25, 0.3) is 0 Å². The van der Waals surface area contributed by atoms with Crippen LogP contribution in [0.2, 0.25) is 0 Å². The van der Waals surface area contributed by atoms with Crippen molar-refractivity contribution in [3.63, 3.8) is 0 Å². The van der Waals surface area contributed by atoms with E-state index in [9.17, 15) is 0 Å². The molecule has 1 aliphatic rings. The molecule has 0 aromatic carbocycles. The second-order valence-electron chi connectivity index (χ2n) is 4.77. The highest BCUT2D eigenvalue weighted by Gasteiger charge is 2.33. The molecular formula is C12H25N. The van der Waals surface area contributed by atoms with Gasteiger partial charge in [0.15, 0.2) is 0 Å². The molecule has 1 heteroatoms. The first-order valence-corrected chi connectivity index (χ1v) is 5.93. The summed E-state index contributed by atoms with van der Waals surface area (Å²) in [6.45, 7) is 9.33. The molecule has 0 amide bonds. The van der Waals surface area contributed by atoms with Crippen molar-refractivity contribution in [1.29, 1.82) is 0 Å². The predicted octanol–water partition coefficient (Wildman–Crippen LogP) is 3.20. The molecule has 13 heavy (non-hydrogen) atoms. The van der Waals surface area contributed by atoms with E-state index in [1.165, 1.54) is 38.6 Å². The van der Waals surface area contributed by atoms with Crippen LogP contribution in [0.25, 0.3) is 0 Å². The van der Waals surface area contributed by atoms with Crippen molar-refractivity contribution in [1.82, 2.24) is 5.32 Å². The van der Waals surface area contributed by atoms with Crippen molar-refractivity contribution < 1.29 is 0 Å². The average Bonchev–Trinajstić information content (AvgIpc) is 2.67. The smallest absolute Gasteiger partial charge is 0.000760 e. The van der Waals surface area contributed by atoms with E-state index in [2.05, 4.69) is 26.1 Å². The van der Waals surface area contributed by atoms with E-state index < -0.39 is 0 Å². The minimum atomic E-state index is 0.562. The lowest BCUT2D eigenvalue weighted by atomic mass is 9.74. The highest BCUT2D eigenvalue weighted by Crippen LogP contribution is 2.41. The molecular weight excluding hydrogens is 158 g/mol. The molecule has 78 valence electrons. The molecule has 0 aliphatic heterocycles. The third-order valence-corrected chi connectivity index (χ3v) is 3.93. The monoisotopic (exact) mass is 183 g/mol. The summed E-state index contributed by atoms with van der Waals surface area (Å²) in [5.74, 6) is 0.983. The Bertz CT molecular complexity index is 138. The summed E-state index contributed by atoms with van der Waals surface area (Å²) in [6, 6.07) is 0. The van der Waals surface area contributed by atoms with E-state index in [0.717, 1.165) is 12.5 Å². The summed E-state index contributed by atoms with van der Waals surface area (Å²) < 4.78 is 0. The summed E-state index contributed by atoms with van der Waals surface area (Å²) in [4.78, 5) is 0. The van der Waals surface area contributed by atoms with Gasteiger partial charge in [0, 0.05) is 6.54 Å². The third kappa shape index (κ3) is 2.70. The lowest BCUT2D eigenvalue weighted by Crippen LogP contribution is -2.36. The Morgan fingerprint density at radius 2 is 1.85 bits per heavy atom. The van der Waals surface area contributed by atoms with Crippen LogP contribution >= 0.6 is 0 Å². The van der Waals surface area contributed by atoms with Gasteiger partial charge in [0.1, 0.15) is 0 Å². The van der Waals surface area contributed by atoms with Gasteiger partial charge in [-0.05, 0) is 37.1 Å². The zero-order valence-corrected chi connectivity index (χ0v) is 9.53. The molecule has 1 saturated carbocycles. The van der Waals surface area contributed by atoms with Crippen LogP contribution in [0.4, 0.5) is 0 Å². The molecule has 1 nitrogen and oxygen atoms in total. The first-order valence-electron chi connectivity index (χ1n) is 5.93. The second kappa shape index (κ2) is 4.99. The van der Waals surface area contributed by atoms with Gasteiger partial charge in [0.05, 0.1) is 0 Å². The molecule has 1 unspecified atom stereocenters. The molecule has 1 N–H and O–H groups in total. The van der Waals surface area contributed by atoms with Crippen LogP contribution in [-0.4, -0.2) is 13.1 Å². The summed E-state index contributed by atoms with van der Waals surface area (Å²) in [6.07, 6.45) is 7.19. The summed E-state index contributed by atoms with van der Waals surface area (Å²) in [7, 11) is 0. The van der Waals surface area contributed by atoms with Crippen molar-refractivity contribution in [3.05, 3.63) is 0 Å². The Morgan fingerprint density at radius 1 is 1.23 bits per heavy atom. The van der Waals surface area contributed by atoms with Crippen molar-refractivity contribution in [2.75, 3.05) is 13.1 Å².